The number of halogens is 3. The molecule has 0 aliphatic rings. The summed E-state index contributed by atoms with van der Waals surface area (Å²) < 4.78 is 42.8. The van der Waals surface area contributed by atoms with Gasteiger partial charge in [-0.05, 0) is 63.7 Å². The molecular formula is C42H40F3N3O6. The van der Waals surface area contributed by atoms with Crippen molar-refractivity contribution in [3.8, 4) is 16.9 Å². The summed E-state index contributed by atoms with van der Waals surface area (Å²) in [5, 5.41) is 9.97. The highest BCUT2D eigenvalue weighted by atomic mass is 19.4. The van der Waals surface area contributed by atoms with Gasteiger partial charge >= 0.3 is 12.1 Å². The summed E-state index contributed by atoms with van der Waals surface area (Å²) in [5.74, 6) is -2.25. The van der Waals surface area contributed by atoms with Crippen molar-refractivity contribution in [1.82, 2.24) is 5.32 Å². The Kier molecular flexibility index (Phi) is 15.1. The Balaban J connectivity index is 0.000000845. The summed E-state index contributed by atoms with van der Waals surface area (Å²) in [4.78, 5) is 37.0. The molecule has 54 heavy (non-hydrogen) atoms. The van der Waals surface area contributed by atoms with Crippen LogP contribution in [0.3, 0.4) is 0 Å². The zero-order valence-corrected chi connectivity index (χ0v) is 29.5. The maximum absolute atomic E-state index is 13.6. The standard InChI is InChI=1S/C40H39N3O4.C2HF3O2/c1-46-36-23-17-31(18-24-36)12-11-30-15-21-35(22-16-30)43(39(44)29-47-28-33-7-3-2-4-8-33)27-32-13-19-34(20-14-32)37-9-5-6-10-38(37)40(45)42-26-25-41;3-2(4,5)1(6)7/h2-24H,25-29,41H2,1H3,(H,42,45);(H,6,7). The number of carbonyl (C=O) groups excluding carboxylic acids is 2. The van der Waals surface area contributed by atoms with Crippen LogP contribution in [0.1, 0.15) is 32.6 Å². The number of carboxylic acid groups (broad SMARTS) is 1. The van der Waals surface area contributed by atoms with Crippen LogP contribution in [-0.4, -0.2) is 55.9 Å². The predicted octanol–water partition coefficient (Wildman–Crippen LogP) is 7.60. The van der Waals surface area contributed by atoms with Crippen LogP contribution in [0.25, 0.3) is 23.3 Å². The van der Waals surface area contributed by atoms with Gasteiger partial charge in [0.15, 0.2) is 0 Å². The molecule has 0 saturated carbocycles. The Labute approximate surface area is 311 Å². The van der Waals surface area contributed by atoms with Crippen LogP contribution < -0.4 is 20.7 Å². The molecule has 0 radical (unpaired) electrons. The van der Waals surface area contributed by atoms with Gasteiger partial charge in [0.2, 0.25) is 0 Å². The highest BCUT2D eigenvalue weighted by Crippen LogP contribution is 2.26. The number of hydrogen-bond donors (Lipinski definition) is 3. The molecule has 4 N–H and O–H groups in total. The molecule has 5 aromatic rings. The van der Waals surface area contributed by atoms with Crippen molar-refractivity contribution in [3.05, 3.63) is 155 Å². The van der Waals surface area contributed by atoms with E-state index in [1.807, 2.05) is 133 Å². The first-order chi connectivity index (χ1) is 26.0. The van der Waals surface area contributed by atoms with Crippen LogP contribution in [0.4, 0.5) is 18.9 Å². The first kappa shape index (κ1) is 40.5. The van der Waals surface area contributed by atoms with Gasteiger partial charge < -0.3 is 30.5 Å². The highest BCUT2D eigenvalue weighted by Gasteiger charge is 2.38. The summed E-state index contributed by atoms with van der Waals surface area (Å²) in [5.41, 5.74) is 12.7. The number of carboxylic acids is 1. The number of anilines is 1. The van der Waals surface area contributed by atoms with Crippen molar-refractivity contribution in [2.45, 2.75) is 19.3 Å². The lowest BCUT2D eigenvalue weighted by molar-refractivity contribution is -0.192. The quantitative estimate of drug-likeness (QED) is 0.100. The fourth-order valence-corrected chi connectivity index (χ4v) is 5.09. The van der Waals surface area contributed by atoms with E-state index in [4.69, 9.17) is 25.1 Å². The number of nitrogens with two attached hydrogens (primary N) is 1. The van der Waals surface area contributed by atoms with Gasteiger partial charge in [0.25, 0.3) is 11.8 Å². The average Bonchev–Trinajstić information content (AvgIpc) is 3.19. The molecule has 0 bridgehead atoms. The largest absolute Gasteiger partial charge is 0.497 e. The van der Waals surface area contributed by atoms with E-state index in [1.165, 1.54) is 0 Å². The summed E-state index contributed by atoms with van der Waals surface area (Å²) >= 11 is 0. The maximum atomic E-state index is 13.6. The van der Waals surface area contributed by atoms with Crippen molar-refractivity contribution < 1.29 is 42.1 Å². The van der Waals surface area contributed by atoms with Crippen LogP contribution in [0.2, 0.25) is 0 Å². The van der Waals surface area contributed by atoms with Crippen LogP contribution in [-0.2, 0) is 27.5 Å². The minimum atomic E-state index is -5.08. The molecule has 2 amide bonds. The Bertz CT molecular complexity index is 1980. The minimum absolute atomic E-state index is 0.0581. The lowest BCUT2D eigenvalue weighted by atomic mass is 9.98. The zero-order chi connectivity index (χ0) is 38.9. The summed E-state index contributed by atoms with van der Waals surface area (Å²) in [6.07, 6.45) is -1.01. The van der Waals surface area contributed by atoms with E-state index in [0.29, 0.717) is 31.8 Å². The van der Waals surface area contributed by atoms with Crippen LogP contribution in [0.5, 0.6) is 5.75 Å². The van der Waals surface area contributed by atoms with Crippen molar-refractivity contribution in [2.24, 2.45) is 5.73 Å². The van der Waals surface area contributed by atoms with Gasteiger partial charge in [0, 0.05) is 24.3 Å². The second kappa shape index (κ2) is 20.1. The van der Waals surface area contributed by atoms with Gasteiger partial charge in [-0.2, -0.15) is 13.2 Å². The second-order valence-electron chi connectivity index (χ2n) is 11.7. The molecule has 0 unspecified atom stereocenters. The van der Waals surface area contributed by atoms with Crippen LogP contribution in [0, 0.1) is 0 Å². The van der Waals surface area contributed by atoms with E-state index in [0.717, 1.165) is 44.8 Å². The molecule has 0 heterocycles. The van der Waals surface area contributed by atoms with Gasteiger partial charge in [0.1, 0.15) is 12.4 Å². The number of alkyl halides is 3. The average molecular weight is 740 g/mol. The monoisotopic (exact) mass is 739 g/mol. The fraction of sp³-hybridized carbons (Fsp3) is 0.167. The van der Waals surface area contributed by atoms with Crippen molar-refractivity contribution in [1.29, 1.82) is 0 Å². The number of methoxy groups -OCH3 is 1. The number of hydrogen-bond acceptors (Lipinski definition) is 6. The van der Waals surface area contributed by atoms with Gasteiger partial charge in [0.05, 0.1) is 20.3 Å². The molecule has 0 spiro atoms. The third-order valence-corrected chi connectivity index (χ3v) is 7.88. The zero-order valence-electron chi connectivity index (χ0n) is 29.5. The SMILES string of the molecule is COc1ccc(C=Cc2ccc(N(Cc3ccc(-c4ccccc4C(=O)NCCN)cc3)C(=O)COCc3ccccc3)cc2)cc1.O=C(O)C(F)(F)F. The maximum Gasteiger partial charge on any atom is 0.490 e. The predicted molar refractivity (Wildman–Crippen MR) is 203 cm³/mol. The molecule has 0 atom stereocenters. The first-order valence-electron chi connectivity index (χ1n) is 16.8. The molecule has 0 saturated heterocycles. The molecule has 280 valence electrons. The Morgan fingerprint density at radius 2 is 1.35 bits per heavy atom. The van der Waals surface area contributed by atoms with E-state index < -0.39 is 12.1 Å². The van der Waals surface area contributed by atoms with Crippen molar-refractivity contribution in [3.63, 3.8) is 0 Å². The Hall–Kier alpha value is -6.24. The smallest absolute Gasteiger partial charge is 0.490 e. The van der Waals surface area contributed by atoms with Crippen LogP contribution >= 0.6 is 0 Å². The second-order valence-corrected chi connectivity index (χ2v) is 11.7. The third-order valence-electron chi connectivity index (χ3n) is 7.88. The number of nitrogens with zero attached hydrogens (tertiary/aromatic N) is 1. The van der Waals surface area contributed by atoms with E-state index in [-0.39, 0.29) is 18.4 Å². The normalized spacial score (nSPS) is 11.0. The number of amides is 2. The molecule has 0 aliphatic carbocycles. The first-order valence-corrected chi connectivity index (χ1v) is 16.8. The number of aliphatic carboxylic acids is 1. The molecule has 12 heteroatoms. The topological polar surface area (TPSA) is 131 Å². The Morgan fingerprint density at radius 1 is 0.778 bits per heavy atom. The van der Waals surface area contributed by atoms with Gasteiger partial charge in [-0.15, -0.1) is 0 Å². The molecule has 0 fully saturated rings. The van der Waals surface area contributed by atoms with E-state index in [1.54, 1.807) is 18.1 Å². The van der Waals surface area contributed by atoms with Crippen LogP contribution in [0.15, 0.2) is 127 Å². The summed E-state index contributed by atoms with van der Waals surface area (Å²) in [7, 11) is 1.65. The number of benzene rings is 5. The lowest BCUT2D eigenvalue weighted by Crippen LogP contribution is -2.33. The lowest BCUT2D eigenvalue weighted by Gasteiger charge is -2.23. The van der Waals surface area contributed by atoms with E-state index in [9.17, 15) is 22.8 Å². The van der Waals surface area contributed by atoms with Crippen molar-refractivity contribution in [2.75, 3.05) is 31.7 Å². The third kappa shape index (κ3) is 12.5. The Morgan fingerprint density at radius 3 is 1.93 bits per heavy atom. The summed E-state index contributed by atoms with van der Waals surface area (Å²) in [6, 6.07) is 41.0. The number of ether oxygens (including phenoxy) is 2. The summed E-state index contributed by atoms with van der Waals surface area (Å²) in [6.45, 7) is 1.43. The molecule has 0 aromatic heterocycles. The number of carbonyl (C=O) groups is 3. The van der Waals surface area contributed by atoms with Gasteiger partial charge in [-0.3, -0.25) is 9.59 Å². The fourth-order valence-electron chi connectivity index (χ4n) is 5.09. The van der Waals surface area contributed by atoms with E-state index in [2.05, 4.69) is 5.32 Å². The highest BCUT2D eigenvalue weighted by molar-refractivity contribution is 6.01. The molecule has 0 aliphatic heterocycles. The van der Waals surface area contributed by atoms with E-state index >= 15 is 0 Å². The number of nitrogens with one attached hydrogen (secondary N) is 1. The molecular weight excluding hydrogens is 699 g/mol. The molecule has 5 rings (SSSR count). The number of rotatable bonds is 14. The minimum Gasteiger partial charge on any atom is -0.497 e. The molecule has 5 aromatic carbocycles. The van der Waals surface area contributed by atoms with Crippen molar-refractivity contribution >= 4 is 35.6 Å². The van der Waals surface area contributed by atoms with Gasteiger partial charge in [-0.1, -0.05) is 109 Å². The van der Waals surface area contributed by atoms with Gasteiger partial charge in [-0.25, -0.2) is 4.79 Å². The molecule has 9 nitrogen and oxygen atoms in total.